The van der Waals surface area contributed by atoms with Gasteiger partial charge < -0.3 is 30.4 Å². The molecule has 2 atom stereocenters. The first-order valence-corrected chi connectivity index (χ1v) is 20.0. The summed E-state index contributed by atoms with van der Waals surface area (Å²) in [6, 6.07) is 18.2. The monoisotopic (exact) mass is 813 g/mol. The molecule has 14 nitrogen and oxygen atoms in total. The van der Waals surface area contributed by atoms with Crippen LogP contribution in [0.2, 0.25) is 5.02 Å². The van der Waals surface area contributed by atoms with Crippen LogP contribution in [0.25, 0.3) is 11.0 Å². The lowest BCUT2D eigenvalue weighted by molar-refractivity contribution is -0.132. The first kappa shape index (κ1) is 39.3. The minimum atomic E-state index is -0.998. The van der Waals surface area contributed by atoms with Gasteiger partial charge in [-0.1, -0.05) is 47.7 Å². The Kier molecular flexibility index (Phi) is 11.4. The number of nitrogens with zero attached hydrogens (tertiary/aromatic N) is 4. The summed E-state index contributed by atoms with van der Waals surface area (Å²) in [5.41, 5.74) is 2.02. The molecule has 0 radical (unpaired) electrons. The number of imide groups is 1. The average molecular weight is 814 g/mol. The van der Waals surface area contributed by atoms with Crippen molar-refractivity contribution in [3.05, 3.63) is 112 Å². The Morgan fingerprint density at radius 1 is 0.915 bits per heavy atom. The molecule has 3 aliphatic heterocycles. The first-order chi connectivity index (χ1) is 28.7. The first-order valence-electron chi connectivity index (χ1n) is 19.6. The van der Waals surface area contributed by atoms with E-state index in [2.05, 4.69) is 37.4 Å². The highest BCUT2D eigenvalue weighted by atomic mass is 35.5. The summed E-state index contributed by atoms with van der Waals surface area (Å²) < 4.78 is 5.87. The van der Waals surface area contributed by atoms with Crippen LogP contribution >= 0.6 is 11.6 Å². The fourth-order valence-corrected chi connectivity index (χ4v) is 8.01. The van der Waals surface area contributed by atoms with E-state index in [4.69, 9.17) is 16.3 Å². The second-order valence-electron chi connectivity index (χ2n) is 14.7. The summed E-state index contributed by atoms with van der Waals surface area (Å²) in [4.78, 5) is 80.6. The van der Waals surface area contributed by atoms with Crippen molar-refractivity contribution in [3.63, 3.8) is 0 Å². The number of ether oxygens (including phenoxy) is 1. The van der Waals surface area contributed by atoms with E-state index in [1.165, 1.54) is 6.33 Å². The number of para-hydroxylation sites is 1. The lowest BCUT2D eigenvalue weighted by Gasteiger charge is -2.33. The molecule has 3 aliphatic rings. The number of aliphatic hydroxyl groups excluding tert-OH is 1. The van der Waals surface area contributed by atoms with Crippen molar-refractivity contribution in [2.45, 2.75) is 69.7 Å². The standard InChI is InChI=1S/C44H40ClN7O7/c45-33-23-29(59-28-11-5-3-6-12-28)15-16-30(33)39(55)32-24-46-40-38(32)41(48-25-47-40)49-27-19-21-51(22-20-27)36(54)14-7-2-1-4-9-26-10-8-13-31-37(26)44(58)52(43(31)57)34-17-18-35(53)50-42(34)56/h3,5-6,8,10-13,15-16,23-25,27,34-35,53H,1-2,7,14,17-22H2,(H,50,56)(H2,46,47,48,49). The summed E-state index contributed by atoms with van der Waals surface area (Å²) in [5.74, 6) is 5.90. The zero-order chi connectivity index (χ0) is 41.0. The van der Waals surface area contributed by atoms with E-state index in [1.807, 2.05) is 35.2 Å². The minimum absolute atomic E-state index is 0.0182. The van der Waals surface area contributed by atoms with Crippen LogP contribution in [-0.2, 0) is 9.59 Å². The smallest absolute Gasteiger partial charge is 0.263 e. The second kappa shape index (κ2) is 17.1. The minimum Gasteiger partial charge on any atom is -0.457 e. The molecular formula is C44H40ClN7O7. The van der Waals surface area contributed by atoms with E-state index in [0.717, 1.165) is 4.90 Å². The molecule has 0 spiro atoms. The molecule has 5 heterocycles. The van der Waals surface area contributed by atoms with Gasteiger partial charge in [0.15, 0.2) is 5.78 Å². The topological polar surface area (TPSA) is 187 Å². The third kappa shape index (κ3) is 8.25. The predicted molar refractivity (Wildman–Crippen MR) is 218 cm³/mol. The van der Waals surface area contributed by atoms with Gasteiger partial charge in [-0.05, 0) is 74.9 Å². The molecule has 0 bridgehead atoms. The number of unbranched alkanes of at least 4 members (excludes halogenated alkanes) is 2. The molecule has 0 aliphatic carbocycles. The Balaban J connectivity index is 0.819. The number of hydrogen-bond acceptors (Lipinski definition) is 10. The number of fused-ring (bicyclic) bond motifs is 2. The van der Waals surface area contributed by atoms with E-state index >= 15 is 0 Å². The highest BCUT2D eigenvalue weighted by Crippen LogP contribution is 2.33. The summed E-state index contributed by atoms with van der Waals surface area (Å²) in [7, 11) is 0. The SMILES string of the molecule is O=C(c1ccc(Oc2ccccc2)cc1Cl)c1c[nH]c2ncnc(NC3CCN(C(=O)CCCCC#Cc4cccc5c4C(=O)N(C4CCC(O)NC4=O)C5=O)CC3)c12. The van der Waals surface area contributed by atoms with Crippen LogP contribution < -0.4 is 15.4 Å². The fraction of sp³-hybridized carbons (Fsp3) is 0.295. The molecule has 2 saturated heterocycles. The Bertz CT molecular complexity index is 2520. The predicted octanol–water partition coefficient (Wildman–Crippen LogP) is 5.84. The lowest BCUT2D eigenvalue weighted by Crippen LogP contribution is -2.55. The number of aromatic amines is 1. The van der Waals surface area contributed by atoms with Crippen molar-refractivity contribution in [2.75, 3.05) is 18.4 Å². The molecule has 15 heteroatoms. The number of piperidine rings is 2. The number of rotatable bonds is 11. The Labute approximate surface area is 344 Å². The maximum absolute atomic E-state index is 13.8. The van der Waals surface area contributed by atoms with Gasteiger partial charge in [-0.25, -0.2) is 9.97 Å². The second-order valence-corrected chi connectivity index (χ2v) is 15.1. The van der Waals surface area contributed by atoms with Crippen LogP contribution in [0.5, 0.6) is 11.5 Å². The van der Waals surface area contributed by atoms with Crippen molar-refractivity contribution < 1.29 is 33.8 Å². The number of aliphatic hydroxyl groups is 1. The van der Waals surface area contributed by atoms with E-state index in [9.17, 15) is 29.1 Å². The summed E-state index contributed by atoms with van der Waals surface area (Å²) >= 11 is 6.60. The highest BCUT2D eigenvalue weighted by Gasteiger charge is 2.45. The number of halogens is 1. The maximum atomic E-state index is 13.8. The zero-order valence-corrected chi connectivity index (χ0v) is 32.6. The lowest BCUT2D eigenvalue weighted by atomic mass is 10.0. The van der Waals surface area contributed by atoms with Crippen LogP contribution in [0.15, 0.2) is 79.3 Å². The van der Waals surface area contributed by atoms with Crippen LogP contribution in [0.3, 0.4) is 0 Å². The number of likely N-dealkylation sites (tertiary alicyclic amines) is 1. The number of carbonyl (C=O) groups excluding carboxylic acids is 5. The number of benzene rings is 3. The number of anilines is 1. The number of ketones is 1. The van der Waals surface area contributed by atoms with Gasteiger partial charge in [0, 0.05) is 55.4 Å². The maximum Gasteiger partial charge on any atom is 0.263 e. The van der Waals surface area contributed by atoms with Gasteiger partial charge in [0.1, 0.15) is 41.6 Å². The molecule has 0 saturated carbocycles. The number of amides is 4. The molecule has 5 aromatic rings. The third-order valence-corrected chi connectivity index (χ3v) is 11.1. The molecule has 8 rings (SSSR count). The molecule has 4 amide bonds. The highest BCUT2D eigenvalue weighted by molar-refractivity contribution is 6.36. The van der Waals surface area contributed by atoms with Crippen molar-refractivity contribution in [2.24, 2.45) is 0 Å². The van der Waals surface area contributed by atoms with Gasteiger partial charge in [0.05, 0.1) is 27.1 Å². The molecule has 4 N–H and O–H groups in total. The molecule has 2 aromatic heterocycles. The average Bonchev–Trinajstić information content (AvgIpc) is 3.79. The summed E-state index contributed by atoms with van der Waals surface area (Å²) in [6.45, 7) is 1.14. The quantitative estimate of drug-likeness (QED) is 0.0546. The summed E-state index contributed by atoms with van der Waals surface area (Å²) in [6.07, 6.45) is 6.05. The molecule has 3 aromatic carbocycles. The van der Waals surface area contributed by atoms with Crippen LogP contribution in [0.4, 0.5) is 5.82 Å². The van der Waals surface area contributed by atoms with Gasteiger partial charge in [0.2, 0.25) is 11.8 Å². The van der Waals surface area contributed by atoms with E-state index < -0.39 is 30.0 Å². The fourth-order valence-electron chi connectivity index (χ4n) is 7.75. The zero-order valence-electron chi connectivity index (χ0n) is 31.9. The Morgan fingerprint density at radius 2 is 1.73 bits per heavy atom. The largest absolute Gasteiger partial charge is 0.457 e. The van der Waals surface area contributed by atoms with Crippen LogP contribution in [0.1, 0.15) is 93.6 Å². The van der Waals surface area contributed by atoms with Gasteiger partial charge in [-0.15, -0.1) is 0 Å². The Morgan fingerprint density at radius 3 is 2.51 bits per heavy atom. The third-order valence-electron chi connectivity index (χ3n) is 10.8. The van der Waals surface area contributed by atoms with Crippen LogP contribution in [-0.4, -0.2) is 90.7 Å². The number of H-pyrrole nitrogens is 1. The number of carbonyl (C=O) groups is 5. The number of nitrogens with one attached hydrogen (secondary N) is 3. The van der Waals surface area contributed by atoms with Gasteiger partial charge in [-0.2, -0.15) is 0 Å². The molecule has 2 fully saturated rings. The molecule has 2 unspecified atom stereocenters. The van der Waals surface area contributed by atoms with E-state index in [-0.39, 0.29) is 46.7 Å². The normalized spacial score (nSPS) is 18.0. The molecule has 300 valence electrons. The molecule has 59 heavy (non-hydrogen) atoms. The number of hydrogen-bond donors (Lipinski definition) is 4. The summed E-state index contributed by atoms with van der Waals surface area (Å²) in [5, 5.41) is 16.4. The van der Waals surface area contributed by atoms with Crippen molar-refractivity contribution in [1.82, 2.24) is 30.1 Å². The van der Waals surface area contributed by atoms with E-state index in [1.54, 1.807) is 42.6 Å². The van der Waals surface area contributed by atoms with E-state index in [0.29, 0.717) is 96.7 Å². The van der Waals surface area contributed by atoms with Gasteiger partial charge in [-0.3, -0.25) is 28.9 Å². The van der Waals surface area contributed by atoms with Crippen molar-refractivity contribution >= 4 is 57.9 Å². The van der Waals surface area contributed by atoms with Gasteiger partial charge in [0.25, 0.3) is 11.8 Å². The van der Waals surface area contributed by atoms with Gasteiger partial charge >= 0.3 is 0 Å². The molecular weight excluding hydrogens is 774 g/mol. The van der Waals surface area contributed by atoms with Crippen LogP contribution in [0, 0.1) is 11.8 Å². The van der Waals surface area contributed by atoms with Crippen molar-refractivity contribution in [1.29, 1.82) is 0 Å². The van der Waals surface area contributed by atoms with Crippen molar-refractivity contribution in [3.8, 4) is 23.3 Å². The Hall–Kier alpha value is -6.56. The number of aromatic nitrogens is 3.